The van der Waals surface area contributed by atoms with Gasteiger partial charge in [-0.05, 0) is 51.9 Å². The van der Waals surface area contributed by atoms with Crippen LogP contribution in [0.5, 0.6) is 11.5 Å². The summed E-state index contributed by atoms with van der Waals surface area (Å²) in [5, 5.41) is 9.54. The van der Waals surface area contributed by atoms with Crippen LogP contribution >= 0.6 is 0 Å². The van der Waals surface area contributed by atoms with Crippen LogP contribution in [-0.2, 0) is 12.0 Å². The molecule has 2 nitrogen and oxygen atoms in total. The molecule has 0 saturated heterocycles. The van der Waals surface area contributed by atoms with E-state index in [9.17, 15) is 5.11 Å². The number of hydrogen-bond acceptors (Lipinski definition) is 2. The number of benzene rings is 3. The van der Waals surface area contributed by atoms with Crippen LogP contribution < -0.4 is 4.74 Å². The van der Waals surface area contributed by atoms with Crippen LogP contribution in [0.2, 0.25) is 0 Å². The maximum absolute atomic E-state index is 9.54. The molecule has 1 N–H and O–H groups in total. The van der Waals surface area contributed by atoms with Gasteiger partial charge in [0.05, 0.1) is 0 Å². The Morgan fingerprint density at radius 1 is 0.840 bits per heavy atom. The van der Waals surface area contributed by atoms with Gasteiger partial charge in [-0.15, -0.1) is 0 Å². The molecule has 0 heterocycles. The quantitative estimate of drug-likeness (QED) is 0.641. The van der Waals surface area contributed by atoms with Crippen LogP contribution in [0.1, 0.15) is 31.9 Å². The highest BCUT2D eigenvalue weighted by Crippen LogP contribution is 2.36. The predicted molar refractivity (Wildman–Crippen MR) is 103 cm³/mol. The largest absolute Gasteiger partial charge is 0.508 e. The molecule has 128 valence electrons. The van der Waals surface area contributed by atoms with Gasteiger partial charge in [-0.25, -0.2) is 0 Å². The third-order valence-corrected chi connectivity index (χ3v) is 4.23. The Morgan fingerprint density at radius 2 is 1.52 bits per heavy atom. The van der Waals surface area contributed by atoms with Gasteiger partial charge >= 0.3 is 0 Å². The molecule has 3 rings (SSSR count). The number of ether oxygens (including phenoxy) is 1. The maximum Gasteiger partial charge on any atom is 0.120 e. The summed E-state index contributed by atoms with van der Waals surface area (Å²) in [5.74, 6) is 1.15. The first-order valence-corrected chi connectivity index (χ1v) is 8.54. The zero-order chi connectivity index (χ0) is 17.9. The monoisotopic (exact) mass is 332 g/mol. The van der Waals surface area contributed by atoms with Crippen molar-refractivity contribution in [2.75, 3.05) is 0 Å². The van der Waals surface area contributed by atoms with Gasteiger partial charge in [0.1, 0.15) is 18.1 Å². The zero-order valence-corrected chi connectivity index (χ0v) is 15.0. The summed E-state index contributed by atoms with van der Waals surface area (Å²) >= 11 is 0. The smallest absolute Gasteiger partial charge is 0.120 e. The van der Waals surface area contributed by atoms with Gasteiger partial charge < -0.3 is 9.84 Å². The van der Waals surface area contributed by atoms with Crippen molar-refractivity contribution in [3.63, 3.8) is 0 Å². The second-order valence-electron chi connectivity index (χ2n) is 7.28. The Kier molecular flexibility index (Phi) is 4.80. The van der Waals surface area contributed by atoms with Crippen molar-refractivity contribution < 1.29 is 9.84 Å². The molecule has 0 aromatic heterocycles. The highest BCUT2D eigenvalue weighted by molar-refractivity contribution is 5.70. The topological polar surface area (TPSA) is 29.5 Å². The molecule has 0 bridgehead atoms. The van der Waals surface area contributed by atoms with E-state index in [2.05, 4.69) is 45.0 Å². The Labute approximate surface area is 149 Å². The number of aromatic hydroxyl groups is 1. The van der Waals surface area contributed by atoms with Crippen molar-refractivity contribution >= 4 is 0 Å². The summed E-state index contributed by atoms with van der Waals surface area (Å²) in [7, 11) is 0. The molecule has 0 spiro atoms. The van der Waals surface area contributed by atoms with E-state index in [4.69, 9.17) is 4.74 Å². The van der Waals surface area contributed by atoms with E-state index in [-0.39, 0.29) is 11.2 Å². The number of hydrogen-bond donors (Lipinski definition) is 1. The zero-order valence-electron chi connectivity index (χ0n) is 15.0. The average Bonchev–Trinajstić information content (AvgIpc) is 2.61. The third kappa shape index (κ3) is 4.21. The van der Waals surface area contributed by atoms with Gasteiger partial charge in [0.25, 0.3) is 0 Å². The summed E-state index contributed by atoms with van der Waals surface area (Å²) in [5.41, 5.74) is 4.63. The molecule has 0 fully saturated rings. The third-order valence-electron chi connectivity index (χ3n) is 4.23. The van der Waals surface area contributed by atoms with E-state index in [1.165, 1.54) is 11.1 Å². The minimum Gasteiger partial charge on any atom is -0.508 e. The van der Waals surface area contributed by atoms with Crippen molar-refractivity contribution in [1.29, 1.82) is 0 Å². The molecule has 0 aliphatic rings. The summed E-state index contributed by atoms with van der Waals surface area (Å²) in [6.07, 6.45) is 0. The van der Waals surface area contributed by atoms with Gasteiger partial charge in [0.2, 0.25) is 0 Å². The highest BCUT2D eigenvalue weighted by Gasteiger charge is 2.20. The lowest BCUT2D eigenvalue weighted by Gasteiger charge is -2.24. The van der Waals surface area contributed by atoms with E-state index >= 15 is 0 Å². The lowest BCUT2D eigenvalue weighted by atomic mass is 9.81. The van der Waals surface area contributed by atoms with Crippen molar-refractivity contribution in [3.8, 4) is 22.6 Å². The molecule has 2 heteroatoms. The lowest BCUT2D eigenvalue weighted by Crippen LogP contribution is -2.13. The molecule has 0 saturated carbocycles. The molecule has 3 aromatic rings. The minimum atomic E-state index is -0.0145. The Morgan fingerprint density at radius 3 is 2.16 bits per heavy atom. The van der Waals surface area contributed by atoms with Crippen molar-refractivity contribution in [3.05, 3.63) is 83.9 Å². The van der Waals surface area contributed by atoms with Crippen LogP contribution in [0.3, 0.4) is 0 Å². The summed E-state index contributed by atoms with van der Waals surface area (Å²) in [6, 6.07) is 23.8. The van der Waals surface area contributed by atoms with Gasteiger partial charge in [-0.1, -0.05) is 69.3 Å². The molecule has 0 aliphatic carbocycles. The molecular formula is C23H24O2. The van der Waals surface area contributed by atoms with E-state index < -0.39 is 0 Å². The predicted octanol–water partition coefficient (Wildman–Crippen LogP) is 5.94. The molecule has 0 unspecified atom stereocenters. The molecule has 25 heavy (non-hydrogen) atoms. The minimum absolute atomic E-state index is 0.0145. The van der Waals surface area contributed by atoms with Gasteiger partial charge in [-0.2, -0.15) is 0 Å². The van der Waals surface area contributed by atoms with E-state index in [1.54, 1.807) is 12.1 Å². The molecular weight excluding hydrogens is 308 g/mol. The summed E-state index contributed by atoms with van der Waals surface area (Å²) in [6.45, 7) is 7.16. The van der Waals surface area contributed by atoms with Crippen molar-refractivity contribution in [2.45, 2.75) is 32.8 Å². The summed E-state index contributed by atoms with van der Waals surface area (Å²) < 4.78 is 6.00. The van der Waals surface area contributed by atoms with Crippen molar-refractivity contribution in [1.82, 2.24) is 0 Å². The fraction of sp³-hybridized carbons (Fsp3) is 0.217. The number of rotatable bonds is 4. The fourth-order valence-electron chi connectivity index (χ4n) is 2.87. The molecule has 3 aromatic carbocycles. The fourth-order valence-corrected chi connectivity index (χ4v) is 2.87. The standard InChI is InChI=1S/C23H24O2/c1-23(2,3)22-15-20(25-16-17-7-5-4-6-8-17)13-14-21(22)18-9-11-19(24)12-10-18/h4-15,24H,16H2,1-3H3. The van der Waals surface area contributed by atoms with E-state index in [1.807, 2.05) is 36.4 Å². The first-order chi connectivity index (χ1) is 11.9. The van der Waals surface area contributed by atoms with Crippen LogP contribution in [0.4, 0.5) is 0 Å². The van der Waals surface area contributed by atoms with Crippen LogP contribution in [0, 0.1) is 0 Å². The van der Waals surface area contributed by atoms with Gasteiger partial charge in [0.15, 0.2) is 0 Å². The van der Waals surface area contributed by atoms with Crippen LogP contribution in [0.25, 0.3) is 11.1 Å². The first kappa shape index (κ1) is 17.1. The first-order valence-electron chi connectivity index (χ1n) is 8.54. The molecule has 0 amide bonds. The van der Waals surface area contributed by atoms with Gasteiger partial charge in [-0.3, -0.25) is 0 Å². The Hall–Kier alpha value is -2.74. The van der Waals surface area contributed by atoms with E-state index in [0.717, 1.165) is 16.9 Å². The van der Waals surface area contributed by atoms with Crippen LogP contribution in [-0.4, -0.2) is 5.11 Å². The second-order valence-corrected chi connectivity index (χ2v) is 7.28. The lowest BCUT2D eigenvalue weighted by molar-refractivity contribution is 0.305. The molecule has 0 atom stereocenters. The van der Waals surface area contributed by atoms with Crippen molar-refractivity contribution in [2.24, 2.45) is 0 Å². The average molecular weight is 332 g/mol. The van der Waals surface area contributed by atoms with Crippen LogP contribution in [0.15, 0.2) is 72.8 Å². The highest BCUT2D eigenvalue weighted by atomic mass is 16.5. The van der Waals surface area contributed by atoms with E-state index in [0.29, 0.717) is 6.61 Å². The molecule has 0 aliphatic heterocycles. The maximum atomic E-state index is 9.54. The SMILES string of the molecule is CC(C)(C)c1cc(OCc2ccccc2)ccc1-c1ccc(O)cc1. The number of phenolic OH excluding ortho intramolecular Hbond substituents is 1. The Balaban J connectivity index is 1.91. The second kappa shape index (κ2) is 7.02. The van der Waals surface area contributed by atoms with Gasteiger partial charge in [0, 0.05) is 0 Å². The summed E-state index contributed by atoms with van der Waals surface area (Å²) in [4.78, 5) is 0. The molecule has 0 radical (unpaired) electrons. The number of phenols is 1. The normalized spacial score (nSPS) is 11.3. The Bertz CT molecular complexity index is 828.